The first-order valence-corrected chi connectivity index (χ1v) is 7.81. The number of carbonyl (C=O) groups is 2. The van der Waals surface area contributed by atoms with E-state index >= 15 is 0 Å². The molecule has 0 amide bonds. The van der Waals surface area contributed by atoms with Gasteiger partial charge in [0.2, 0.25) is 0 Å². The average Bonchev–Trinajstić information content (AvgIpc) is 2.47. The number of hydrogen-bond acceptors (Lipinski definition) is 5. The predicted octanol–water partition coefficient (Wildman–Crippen LogP) is 3.36. The molecule has 0 fully saturated rings. The molecule has 0 unspecified atom stereocenters. The third kappa shape index (κ3) is 5.18. The fourth-order valence-electron chi connectivity index (χ4n) is 1.69. The van der Waals surface area contributed by atoms with Crippen LogP contribution >= 0.6 is 15.9 Å². The average molecular weight is 371 g/mol. The van der Waals surface area contributed by atoms with Gasteiger partial charge in [0, 0.05) is 10.0 Å². The second-order valence-electron chi connectivity index (χ2n) is 4.11. The Bertz CT molecular complexity index is 546. The van der Waals surface area contributed by atoms with Crippen molar-refractivity contribution < 1.29 is 23.8 Å². The highest BCUT2D eigenvalue weighted by Gasteiger charge is 2.21. The summed E-state index contributed by atoms with van der Waals surface area (Å²) in [4.78, 5) is 23.9. The number of benzene rings is 1. The van der Waals surface area contributed by atoms with Crippen molar-refractivity contribution in [1.29, 1.82) is 0 Å². The molecule has 0 radical (unpaired) electrons. The Kier molecular flexibility index (Phi) is 7.66. The van der Waals surface area contributed by atoms with Crippen LogP contribution in [0.3, 0.4) is 0 Å². The first-order valence-electron chi connectivity index (χ1n) is 7.01. The summed E-state index contributed by atoms with van der Waals surface area (Å²) in [5, 5.41) is 0. The van der Waals surface area contributed by atoms with Crippen molar-refractivity contribution in [3.8, 4) is 5.75 Å². The second-order valence-corrected chi connectivity index (χ2v) is 5.03. The van der Waals surface area contributed by atoms with Gasteiger partial charge in [0.1, 0.15) is 11.3 Å². The molecule has 0 heterocycles. The topological polar surface area (TPSA) is 61.8 Å². The Morgan fingerprint density at radius 3 is 2.14 bits per heavy atom. The molecular formula is C16H19BrO5. The van der Waals surface area contributed by atoms with Gasteiger partial charge in [0.05, 0.1) is 19.8 Å². The van der Waals surface area contributed by atoms with Crippen LogP contribution in [0.1, 0.15) is 26.3 Å². The van der Waals surface area contributed by atoms with Gasteiger partial charge in [-0.15, -0.1) is 0 Å². The summed E-state index contributed by atoms with van der Waals surface area (Å²) in [7, 11) is 0. The highest BCUT2D eigenvalue weighted by atomic mass is 79.9. The molecule has 0 bridgehead atoms. The minimum atomic E-state index is -0.719. The van der Waals surface area contributed by atoms with Crippen LogP contribution in [0.2, 0.25) is 0 Å². The maximum atomic E-state index is 12.0. The van der Waals surface area contributed by atoms with Crippen LogP contribution in [0.15, 0.2) is 28.2 Å². The summed E-state index contributed by atoms with van der Waals surface area (Å²) < 4.78 is 16.1. The minimum Gasteiger partial charge on any atom is -0.493 e. The normalized spacial score (nSPS) is 9.82. The zero-order chi connectivity index (χ0) is 16.5. The fourth-order valence-corrected chi connectivity index (χ4v) is 2.07. The molecule has 0 N–H and O–H groups in total. The highest BCUT2D eigenvalue weighted by Crippen LogP contribution is 2.26. The van der Waals surface area contributed by atoms with Crippen molar-refractivity contribution in [3.63, 3.8) is 0 Å². The van der Waals surface area contributed by atoms with Crippen molar-refractivity contribution in [2.75, 3.05) is 19.8 Å². The fraction of sp³-hybridized carbons (Fsp3) is 0.375. The number of rotatable bonds is 7. The van der Waals surface area contributed by atoms with Gasteiger partial charge in [-0.3, -0.25) is 0 Å². The number of ether oxygens (including phenoxy) is 3. The summed E-state index contributed by atoms with van der Waals surface area (Å²) >= 11 is 3.36. The zero-order valence-electron chi connectivity index (χ0n) is 12.8. The van der Waals surface area contributed by atoms with Crippen LogP contribution in [0.25, 0.3) is 6.08 Å². The van der Waals surface area contributed by atoms with Gasteiger partial charge in [-0.2, -0.15) is 0 Å². The summed E-state index contributed by atoms with van der Waals surface area (Å²) in [6.07, 6.45) is 1.42. The van der Waals surface area contributed by atoms with Gasteiger partial charge >= 0.3 is 11.9 Å². The van der Waals surface area contributed by atoms with Crippen molar-refractivity contribution in [2.24, 2.45) is 0 Å². The van der Waals surface area contributed by atoms with Crippen LogP contribution in [-0.2, 0) is 19.1 Å². The van der Waals surface area contributed by atoms with Crippen molar-refractivity contribution in [3.05, 3.63) is 33.8 Å². The molecule has 0 spiro atoms. The molecule has 1 aromatic rings. The highest BCUT2D eigenvalue weighted by molar-refractivity contribution is 9.10. The lowest BCUT2D eigenvalue weighted by Crippen LogP contribution is -2.18. The lowest BCUT2D eigenvalue weighted by molar-refractivity contribution is -0.146. The van der Waals surface area contributed by atoms with Crippen LogP contribution in [0, 0.1) is 0 Å². The largest absolute Gasteiger partial charge is 0.493 e. The minimum absolute atomic E-state index is 0.164. The molecule has 0 atom stereocenters. The summed E-state index contributed by atoms with van der Waals surface area (Å²) in [5.41, 5.74) is 0.426. The van der Waals surface area contributed by atoms with E-state index in [0.29, 0.717) is 17.9 Å². The van der Waals surface area contributed by atoms with E-state index in [2.05, 4.69) is 15.9 Å². The third-order valence-electron chi connectivity index (χ3n) is 2.56. The summed E-state index contributed by atoms with van der Waals surface area (Å²) in [6, 6.07) is 5.33. The van der Waals surface area contributed by atoms with Gasteiger partial charge in [-0.25, -0.2) is 9.59 Å². The molecule has 0 aromatic heterocycles. The van der Waals surface area contributed by atoms with Gasteiger partial charge in [0.25, 0.3) is 0 Å². The molecule has 0 aliphatic carbocycles. The number of hydrogen-bond donors (Lipinski definition) is 0. The Hall–Kier alpha value is -1.82. The smallest absolute Gasteiger partial charge is 0.345 e. The van der Waals surface area contributed by atoms with E-state index in [-0.39, 0.29) is 18.8 Å². The number of halogens is 1. The van der Waals surface area contributed by atoms with Crippen LogP contribution < -0.4 is 4.74 Å². The van der Waals surface area contributed by atoms with E-state index in [1.807, 2.05) is 13.0 Å². The van der Waals surface area contributed by atoms with E-state index in [9.17, 15) is 9.59 Å². The van der Waals surface area contributed by atoms with Crippen molar-refractivity contribution >= 4 is 33.9 Å². The maximum Gasteiger partial charge on any atom is 0.345 e. The first-order chi connectivity index (χ1) is 10.5. The number of esters is 2. The maximum absolute atomic E-state index is 12.0. The molecule has 0 aliphatic heterocycles. The predicted molar refractivity (Wildman–Crippen MR) is 86.6 cm³/mol. The zero-order valence-corrected chi connectivity index (χ0v) is 14.4. The van der Waals surface area contributed by atoms with Gasteiger partial charge in [-0.1, -0.05) is 15.9 Å². The summed E-state index contributed by atoms with van der Waals surface area (Å²) in [5.74, 6) is -0.872. The molecule has 1 rings (SSSR count). The molecule has 0 saturated carbocycles. The van der Waals surface area contributed by atoms with Crippen molar-refractivity contribution in [2.45, 2.75) is 20.8 Å². The van der Waals surface area contributed by atoms with Gasteiger partial charge < -0.3 is 14.2 Å². The monoisotopic (exact) mass is 370 g/mol. The quantitative estimate of drug-likeness (QED) is 0.318. The van der Waals surface area contributed by atoms with Gasteiger partial charge in [-0.05, 0) is 45.0 Å². The first kappa shape index (κ1) is 18.2. The molecular weight excluding hydrogens is 352 g/mol. The lowest BCUT2D eigenvalue weighted by Gasteiger charge is -2.10. The molecule has 1 aromatic carbocycles. The standard InChI is InChI=1S/C16H19BrO5/c1-4-20-14-8-7-12(17)9-11(14)10-13(15(18)21-5-2)16(19)22-6-3/h7-10H,4-6H2,1-3H3. The van der Waals surface area contributed by atoms with Crippen LogP contribution in [0.4, 0.5) is 0 Å². The van der Waals surface area contributed by atoms with E-state index in [1.54, 1.807) is 26.0 Å². The van der Waals surface area contributed by atoms with Crippen LogP contribution in [0.5, 0.6) is 5.75 Å². The molecule has 6 heteroatoms. The Morgan fingerprint density at radius 1 is 1.05 bits per heavy atom. The van der Waals surface area contributed by atoms with Crippen LogP contribution in [-0.4, -0.2) is 31.8 Å². The van der Waals surface area contributed by atoms with E-state index in [0.717, 1.165) is 4.47 Å². The van der Waals surface area contributed by atoms with Gasteiger partial charge in [0.15, 0.2) is 0 Å². The Labute approximate surface area is 138 Å². The lowest BCUT2D eigenvalue weighted by atomic mass is 10.1. The van der Waals surface area contributed by atoms with E-state index < -0.39 is 11.9 Å². The molecule has 22 heavy (non-hydrogen) atoms. The molecule has 0 saturated heterocycles. The Balaban J connectivity index is 3.28. The Morgan fingerprint density at radius 2 is 1.64 bits per heavy atom. The van der Waals surface area contributed by atoms with Crippen molar-refractivity contribution in [1.82, 2.24) is 0 Å². The number of carbonyl (C=O) groups excluding carboxylic acids is 2. The molecule has 5 nitrogen and oxygen atoms in total. The van der Waals surface area contributed by atoms with E-state index in [4.69, 9.17) is 14.2 Å². The third-order valence-corrected chi connectivity index (χ3v) is 3.06. The second kappa shape index (κ2) is 9.25. The molecule has 120 valence electrons. The SMILES string of the molecule is CCOC(=O)C(=Cc1cc(Br)ccc1OCC)C(=O)OCC. The van der Waals surface area contributed by atoms with E-state index in [1.165, 1.54) is 6.08 Å². The summed E-state index contributed by atoms with van der Waals surface area (Å²) in [6.45, 7) is 6.01. The molecule has 0 aliphatic rings.